The fourth-order valence-corrected chi connectivity index (χ4v) is 3.13. The standard InChI is InChI=1S/C19H24N4O3/c1-22-13-16(18(21-22)26-2)17(24)20-15-9-7-14(8-10-15)19(25)23-11-5-3-4-6-12-23/h7-10,13H,3-6,11-12H2,1-2H3,(H,20,24). The largest absolute Gasteiger partial charge is 0.479 e. The van der Waals surface area contributed by atoms with Crippen LogP contribution in [0.2, 0.25) is 0 Å². The number of carbonyl (C=O) groups is 2. The minimum Gasteiger partial charge on any atom is -0.479 e. The van der Waals surface area contributed by atoms with E-state index in [2.05, 4.69) is 10.4 Å². The summed E-state index contributed by atoms with van der Waals surface area (Å²) in [5.41, 5.74) is 1.62. The van der Waals surface area contributed by atoms with Gasteiger partial charge in [-0.15, -0.1) is 5.10 Å². The van der Waals surface area contributed by atoms with Gasteiger partial charge in [0.1, 0.15) is 5.56 Å². The van der Waals surface area contributed by atoms with Crippen molar-refractivity contribution in [3.63, 3.8) is 0 Å². The molecule has 1 aliphatic heterocycles. The van der Waals surface area contributed by atoms with E-state index in [1.54, 1.807) is 37.5 Å². The molecule has 1 aromatic heterocycles. The van der Waals surface area contributed by atoms with Crippen molar-refractivity contribution < 1.29 is 14.3 Å². The van der Waals surface area contributed by atoms with Gasteiger partial charge in [0.15, 0.2) is 0 Å². The van der Waals surface area contributed by atoms with Crippen LogP contribution in [-0.4, -0.2) is 46.7 Å². The Labute approximate surface area is 152 Å². The number of methoxy groups -OCH3 is 1. The lowest BCUT2D eigenvalue weighted by molar-refractivity contribution is 0.0761. The minimum atomic E-state index is -0.304. The Balaban J connectivity index is 1.67. The number of anilines is 1. The molecule has 1 saturated heterocycles. The van der Waals surface area contributed by atoms with Crippen LogP contribution < -0.4 is 10.1 Å². The Kier molecular flexibility index (Phi) is 5.55. The van der Waals surface area contributed by atoms with Crippen molar-refractivity contribution in [2.45, 2.75) is 25.7 Å². The molecule has 0 aliphatic carbocycles. The molecule has 0 spiro atoms. The Morgan fingerprint density at radius 3 is 2.35 bits per heavy atom. The maximum Gasteiger partial charge on any atom is 0.262 e. The average molecular weight is 356 g/mol. The number of rotatable bonds is 4. The van der Waals surface area contributed by atoms with Crippen molar-refractivity contribution >= 4 is 17.5 Å². The van der Waals surface area contributed by atoms with E-state index in [1.807, 2.05) is 4.90 Å². The Hall–Kier alpha value is -2.83. The fraction of sp³-hybridized carbons (Fsp3) is 0.421. The molecule has 1 fully saturated rings. The SMILES string of the molecule is COc1nn(C)cc1C(=O)Nc1ccc(C(=O)N2CCCCCC2)cc1. The molecule has 2 amide bonds. The van der Waals surface area contributed by atoms with Crippen molar-refractivity contribution in [3.8, 4) is 5.88 Å². The second-order valence-corrected chi connectivity index (χ2v) is 6.46. The van der Waals surface area contributed by atoms with Gasteiger partial charge in [-0.1, -0.05) is 12.8 Å². The summed E-state index contributed by atoms with van der Waals surface area (Å²) >= 11 is 0. The lowest BCUT2D eigenvalue weighted by atomic mass is 10.1. The van der Waals surface area contributed by atoms with Crippen molar-refractivity contribution in [3.05, 3.63) is 41.6 Å². The van der Waals surface area contributed by atoms with Crippen LogP contribution in [0.25, 0.3) is 0 Å². The van der Waals surface area contributed by atoms with Gasteiger partial charge in [0.05, 0.1) is 7.11 Å². The number of nitrogens with zero attached hydrogens (tertiary/aromatic N) is 3. The van der Waals surface area contributed by atoms with Crippen LogP contribution in [0.4, 0.5) is 5.69 Å². The highest BCUT2D eigenvalue weighted by Gasteiger charge is 2.18. The van der Waals surface area contributed by atoms with Crippen LogP contribution in [0, 0.1) is 0 Å². The maximum absolute atomic E-state index is 12.6. The van der Waals surface area contributed by atoms with E-state index in [1.165, 1.54) is 24.6 Å². The first-order chi connectivity index (χ1) is 12.6. The summed E-state index contributed by atoms with van der Waals surface area (Å²) in [5.74, 6) is 0.0261. The monoisotopic (exact) mass is 356 g/mol. The van der Waals surface area contributed by atoms with Crippen molar-refractivity contribution in [2.24, 2.45) is 7.05 Å². The predicted octanol–water partition coefficient (Wildman–Crippen LogP) is 2.70. The van der Waals surface area contributed by atoms with Crippen molar-refractivity contribution in [1.82, 2.24) is 14.7 Å². The van der Waals surface area contributed by atoms with Gasteiger partial charge >= 0.3 is 0 Å². The number of hydrogen-bond donors (Lipinski definition) is 1. The first-order valence-corrected chi connectivity index (χ1v) is 8.87. The molecule has 7 heteroatoms. The van der Waals surface area contributed by atoms with E-state index in [-0.39, 0.29) is 17.7 Å². The van der Waals surface area contributed by atoms with E-state index in [4.69, 9.17) is 4.74 Å². The van der Waals surface area contributed by atoms with Gasteiger partial charge in [-0.05, 0) is 37.1 Å². The number of aromatic nitrogens is 2. The topological polar surface area (TPSA) is 76.5 Å². The zero-order valence-electron chi connectivity index (χ0n) is 15.2. The third-order valence-electron chi connectivity index (χ3n) is 4.52. The molecule has 3 rings (SSSR count). The van der Waals surface area contributed by atoms with E-state index >= 15 is 0 Å². The molecule has 0 radical (unpaired) electrons. The normalized spacial score (nSPS) is 14.6. The summed E-state index contributed by atoms with van der Waals surface area (Å²) in [4.78, 5) is 26.9. The van der Waals surface area contributed by atoms with Gasteiger partial charge in [-0.3, -0.25) is 14.3 Å². The molecule has 2 aromatic rings. The molecule has 138 valence electrons. The highest BCUT2D eigenvalue weighted by atomic mass is 16.5. The van der Waals surface area contributed by atoms with Crippen molar-refractivity contribution in [2.75, 3.05) is 25.5 Å². The summed E-state index contributed by atoms with van der Waals surface area (Å²) in [6, 6.07) is 6.99. The third-order valence-corrected chi connectivity index (χ3v) is 4.52. The van der Waals surface area contributed by atoms with Gasteiger partial charge in [-0.25, -0.2) is 0 Å². The smallest absolute Gasteiger partial charge is 0.262 e. The van der Waals surface area contributed by atoms with Crippen LogP contribution in [0.1, 0.15) is 46.4 Å². The Morgan fingerprint density at radius 2 is 1.73 bits per heavy atom. The molecule has 0 bridgehead atoms. The molecule has 0 saturated carbocycles. The number of hydrogen-bond acceptors (Lipinski definition) is 4. The Bertz CT molecular complexity index is 775. The van der Waals surface area contributed by atoms with Crippen LogP contribution >= 0.6 is 0 Å². The second-order valence-electron chi connectivity index (χ2n) is 6.46. The average Bonchev–Trinajstić information content (AvgIpc) is 2.84. The molecule has 1 N–H and O–H groups in total. The molecule has 0 unspecified atom stereocenters. The molecule has 26 heavy (non-hydrogen) atoms. The Morgan fingerprint density at radius 1 is 1.08 bits per heavy atom. The molecule has 2 heterocycles. The number of nitrogens with one attached hydrogen (secondary N) is 1. The van der Waals surface area contributed by atoms with E-state index in [0.717, 1.165) is 25.9 Å². The molecular formula is C19H24N4O3. The molecule has 1 aromatic carbocycles. The molecule has 0 atom stereocenters. The summed E-state index contributed by atoms with van der Waals surface area (Å²) in [5, 5.41) is 6.88. The number of carbonyl (C=O) groups excluding carboxylic acids is 2. The first-order valence-electron chi connectivity index (χ1n) is 8.87. The highest BCUT2D eigenvalue weighted by molar-refractivity contribution is 6.06. The van der Waals surface area contributed by atoms with Gasteiger partial charge in [0.25, 0.3) is 11.8 Å². The summed E-state index contributed by atoms with van der Waals surface area (Å²) in [6.07, 6.45) is 6.10. The number of aryl methyl sites for hydroxylation is 1. The minimum absolute atomic E-state index is 0.0544. The van der Waals surface area contributed by atoms with E-state index in [9.17, 15) is 9.59 Å². The molecule has 7 nitrogen and oxygen atoms in total. The number of ether oxygens (including phenoxy) is 1. The molecular weight excluding hydrogens is 332 g/mol. The third kappa shape index (κ3) is 4.04. The van der Waals surface area contributed by atoms with Crippen molar-refractivity contribution in [1.29, 1.82) is 0 Å². The predicted molar refractivity (Wildman–Crippen MR) is 98.5 cm³/mol. The summed E-state index contributed by atoms with van der Waals surface area (Å²) < 4.78 is 6.63. The fourth-order valence-electron chi connectivity index (χ4n) is 3.13. The van der Waals surface area contributed by atoms with Gasteiger partial charge in [0, 0.05) is 37.6 Å². The summed E-state index contributed by atoms with van der Waals surface area (Å²) in [7, 11) is 3.20. The first kappa shape index (κ1) is 18.0. The summed E-state index contributed by atoms with van der Waals surface area (Å²) in [6.45, 7) is 1.64. The maximum atomic E-state index is 12.6. The highest BCUT2D eigenvalue weighted by Crippen LogP contribution is 2.19. The van der Waals surface area contributed by atoms with Crippen LogP contribution in [0.5, 0.6) is 5.88 Å². The van der Waals surface area contributed by atoms with Crippen LogP contribution in [0.3, 0.4) is 0 Å². The molecule has 1 aliphatic rings. The number of amides is 2. The number of benzene rings is 1. The van der Waals surface area contributed by atoms with E-state index in [0.29, 0.717) is 16.8 Å². The quantitative estimate of drug-likeness (QED) is 0.914. The van der Waals surface area contributed by atoms with Crippen LogP contribution in [-0.2, 0) is 7.05 Å². The second kappa shape index (κ2) is 8.03. The van der Waals surface area contributed by atoms with Crippen LogP contribution in [0.15, 0.2) is 30.5 Å². The van der Waals surface area contributed by atoms with E-state index < -0.39 is 0 Å². The van der Waals surface area contributed by atoms with Gasteiger partial charge in [0.2, 0.25) is 5.88 Å². The number of likely N-dealkylation sites (tertiary alicyclic amines) is 1. The van der Waals surface area contributed by atoms with Gasteiger partial charge < -0.3 is 15.0 Å². The zero-order chi connectivity index (χ0) is 18.5. The zero-order valence-corrected chi connectivity index (χ0v) is 15.2. The lowest BCUT2D eigenvalue weighted by Gasteiger charge is -2.20. The van der Waals surface area contributed by atoms with Gasteiger partial charge in [-0.2, -0.15) is 0 Å². The lowest BCUT2D eigenvalue weighted by Crippen LogP contribution is -2.31.